The molecule has 74 valence electrons. The van der Waals surface area contributed by atoms with Crippen molar-refractivity contribution in [2.75, 3.05) is 5.32 Å². The highest BCUT2D eigenvalue weighted by atomic mass is 79.9. The second kappa shape index (κ2) is 2.79. The lowest BCUT2D eigenvalue weighted by Crippen LogP contribution is -2.03. The first-order valence-electron chi connectivity index (χ1n) is 4.40. The van der Waals surface area contributed by atoms with Crippen LogP contribution in [0.25, 0.3) is 10.8 Å². The van der Waals surface area contributed by atoms with Crippen molar-refractivity contribution in [3.05, 3.63) is 40.1 Å². The molecule has 0 saturated carbocycles. The molecule has 1 aliphatic rings. The van der Waals surface area contributed by atoms with E-state index in [9.17, 15) is 9.18 Å². The number of hydrogen-bond acceptors (Lipinski definition) is 1. The summed E-state index contributed by atoms with van der Waals surface area (Å²) in [6.45, 7) is 0. The Hall–Kier alpha value is -1.42. The van der Waals surface area contributed by atoms with Crippen LogP contribution in [-0.4, -0.2) is 5.91 Å². The number of nitrogens with one attached hydrogen (secondary N) is 1. The number of halogens is 2. The van der Waals surface area contributed by atoms with E-state index in [-0.39, 0.29) is 11.7 Å². The maximum absolute atomic E-state index is 13.6. The SMILES string of the molecule is O=C1Nc2ccc(Br)c3c(F)ccc1c23. The summed E-state index contributed by atoms with van der Waals surface area (Å²) < 4.78 is 14.3. The van der Waals surface area contributed by atoms with E-state index in [2.05, 4.69) is 21.2 Å². The topological polar surface area (TPSA) is 29.1 Å². The Morgan fingerprint density at radius 2 is 1.93 bits per heavy atom. The maximum Gasteiger partial charge on any atom is 0.256 e. The van der Waals surface area contributed by atoms with Gasteiger partial charge in [0.05, 0.1) is 0 Å². The zero-order valence-electron chi connectivity index (χ0n) is 7.47. The van der Waals surface area contributed by atoms with Gasteiger partial charge in [-0.25, -0.2) is 4.39 Å². The minimum atomic E-state index is -0.320. The summed E-state index contributed by atoms with van der Waals surface area (Å²) in [5.74, 6) is -0.493. The van der Waals surface area contributed by atoms with Crippen molar-refractivity contribution >= 4 is 38.3 Å². The van der Waals surface area contributed by atoms with E-state index in [1.54, 1.807) is 12.1 Å². The van der Waals surface area contributed by atoms with Gasteiger partial charge >= 0.3 is 0 Å². The Balaban J connectivity index is 2.61. The first kappa shape index (κ1) is 8.85. The minimum Gasteiger partial charge on any atom is -0.321 e. The zero-order valence-corrected chi connectivity index (χ0v) is 9.06. The van der Waals surface area contributed by atoms with Crippen LogP contribution in [0.4, 0.5) is 10.1 Å². The van der Waals surface area contributed by atoms with Gasteiger partial charge in [0, 0.05) is 26.5 Å². The van der Waals surface area contributed by atoms with Crippen molar-refractivity contribution in [3.63, 3.8) is 0 Å². The molecule has 0 spiro atoms. The van der Waals surface area contributed by atoms with E-state index in [0.29, 0.717) is 26.5 Å². The fourth-order valence-corrected chi connectivity index (χ4v) is 2.42. The molecule has 2 aromatic rings. The monoisotopic (exact) mass is 265 g/mol. The molecule has 1 amide bonds. The molecule has 0 atom stereocenters. The molecule has 0 bridgehead atoms. The first-order chi connectivity index (χ1) is 7.18. The van der Waals surface area contributed by atoms with Crippen LogP contribution in [0.3, 0.4) is 0 Å². The van der Waals surface area contributed by atoms with Gasteiger partial charge < -0.3 is 5.32 Å². The predicted molar refractivity (Wildman–Crippen MR) is 59.6 cm³/mol. The van der Waals surface area contributed by atoms with Crippen LogP contribution in [0.1, 0.15) is 10.4 Å². The lowest BCUT2D eigenvalue weighted by molar-refractivity contribution is 0.103. The van der Waals surface area contributed by atoms with Gasteiger partial charge in [-0.3, -0.25) is 4.79 Å². The quantitative estimate of drug-likeness (QED) is 0.778. The van der Waals surface area contributed by atoms with E-state index in [4.69, 9.17) is 0 Å². The number of anilines is 1. The lowest BCUT2D eigenvalue weighted by atomic mass is 10.1. The Morgan fingerprint density at radius 3 is 2.73 bits per heavy atom. The molecule has 2 nitrogen and oxygen atoms in total. The van der Waals surface area contributed by atoms with Crippen LogP contribution in [-0.2, 0) is 0 Å². The van der Waals surface area contributed by atoms with Gasteiger partial charge in [-0.2, -0.15) is 0 Å². The van der Waals surface area contributed by atoms with Gasteiger partial charge in [0.25, 0.3) is 5.91 Å². The molecule has 0 aliphatic carbocycles. The average molecular weight is 266 g/mol. The third kappa shape index (κ3) is 1.05. The van der Waals surface area contributed by atoms with Crippen molar-refractivity contribution in [2.45, 2.75) is 0 Å². The largest absolute Gasteiger partial charge is 0.321 e. The lowest BCUT2D eigenvalue weighted by Gasteiger charge is -2.03. The molecule has 3 rings (SSSR count). The van der Waals surface area contributed by atoms with Crippen molar-refractivity contribution in [2.24, 2.45) is 0 Å². The zero-order chi connectivity index (χ0) is 10.6. The summed E-state index contributed by atoms with van der Waals surface area (Å²) in [5.41, 5.74) is 1.20. The fourth-order valence-electron chi connectivity index (χ4n) is 1.90. The minimum absolute atomic E-state index is 0.173. The highest BCUT2D eigenvalue weighted by Crippen LogP contribution is 2.38. The summed E-state index contributed by atoms with van der Waals surface area (Å²) >= 11 is 3.28. The number of carbonyl (C=O) groups is 1. The van der Waals surface area contributed by atoms with Crippen molar-refractivity contribution in [1.29, 1.82) is 0 Å². The van der Waals surface area contributed by atoms with Crippen LogP contribution >= 0.6 is 15.9 Å². The van der Waals surface area contributed by atoms with Crippen LogP contribution in [0.15, 0.2) is 28.7 Å². The number of hydrogen-bond donors (Lipinski definition) is 1. The molecule has 0 radical (unpaired) electrons. The standard InChI is InChI=1S/C11H5BrFNO/c12-6-2-4-8-9-5(11(15)14-8)1-3-7(13)10(6)9/h1-4H,(H,14,15). The molecule has 4 heteroatoms. The maximum atomic E-state index is 13.6. The van der Waals surface area contributed by atoms with E-state index >= 15 is 0 Å². The third-order valence-corrected chi connectivity index (χ3v) is 3.21. The number of carbonyl (C=O) groups excluding carboxylic acids is 1. The fraction of sp³-hybridized carbons (Fsp3) is 0. The van der Waals surface area contributed by atoms with Crippen LogP contribution < -0.4 is 5.32 Å². The highest BCUT2D eigenvalue weighted by molar-refractivity contribution is 9.10. The summed E-state index contributed by atoms with van der Waals surface area (Å²) in [4.78, 5) is 11.5. The smallest absolute Gasteiger partial charge is 0.256 e. The van der Waals surface area contributed by atoms with E-state index in [0.717, 1.165) is 0 Å². The highest BCUT2D eigenvalue weighted by Gasteiger charge is 2.23. The molecule has 0 saturated heterocycles. The van der Waals surface area contributed by atoms with Gasteiger partial charge in [-0.15, -0.1) is 0 Å². The first-order valence-corrected chi connectivity index (χ1v) is 5.20. The Bertz CT molecular complexity index is 601. The van der Waals surface area contributed by atoms with Crippen molar-refractivity contribution in [3.8, 4) is 0 Å². The molecule has 1 heterocycles. The Morgan fingerprint density at radius 1 is 1.13 bits per heavy atom. The summed E-state index contributed by atoms with van der Waals surface area (Å²) in [6.07, 6.45) is 0. The number of rotatable bonds is 0. The summed E-state index contributed by atoms with van der Waals surface area (Å²) in [7, 11) is 0. The third-order valence-electron chi connectivity index (χ3n) is 2.55. The van der Waals surface area contributed by atoms with Crippen molar-refractivity contribution < 1.29 is 9.18 Å². The van der Waals surface area contributed by atoms with Crippen LogP contribution in [0.2, 0.25) is 0 Å². The molecule has 1 N–H and O–H groups in total. The number of amides is 1. The normalized spacial score (nSPS) is 13.3. The number of benzene rings is 2. The molecule has 0 unspecified atom stereocenters. The van der Waals surface area contributed by atoms with E-state index < -0.39 is 0 Å². The van der Waals surface area contributed by atoms with E-state index in [1.807, 2.05) is 0 Å². The van der Waals surface area contributed by atoms with Gasteiger partial charge in [-0.1, -0.05) is 15.9 Å². The molecule has 0 fully saturated rings. The summed E-state index contributed by atoms with van der Waals surface area (Å²) in [5, 5.41) is 3.82. The molecule has 2 aromatic carbocycles. The van der Waals surface area contributed by atoms with Gasteiger partial charge in [0.2, 0.25) is 0 Å². The Kier molecular flexibility index (Phi) is 1.65. The summed E-state index contributed by atoms with van der Waals surface area (Å²) in [6, 6.07) is 6.32. The molecular weight excluding hydrogens is 261 g/mol. The molecule has 1 aliphatic heterocycles. The molecular formula is C11H5BrFNO. The van der Waals surface area contributed by atoms with Crippen molar-refractivity contribution in [1.82, 2.24) is 0 Å². The molecule has 15 heavy (non-hydrogen) atoms. The predicted octanol–water partition coefficient (Wildman–Crippen LogP) is 3.31. The Labute approximate surface area is 93.2 Å². The van der Waals surface area contributed by atoms with Gasteiger partial charge in [0.1, 0.15) is 5.82 Å². The van der Waals surface area contributed by atoms with Crippen LogP contribution in [0, 0.1) is 5.82 Å². The van der Waals surface area contributed by atoms with E-state index in [1.165, 1.54) is 12.1 Å². The van der Waals surface area contributed by atoms with Gasteiger partial charge in [0.15, 0.2) is 0 Å². The average Bonchev–Trinajstić information content (AvgIpc) is 2.52. The van der Waals surface area contributed by atoms with Crippen LogP contribution in [0.5, 0.6) is 0 Å². The van der Waals surface area contributed by atoms with Gasteiger partial charge in [-0.05, 0) is 24.3 Å². The molecule has 0 aromatic heterocycles. The second-order valence-corrected chi connectivity index (χ2v) is 4.25. The second-order valence-electron chi connectivity index (χ2n) is 3.39.